The summed E-state index contributed by atoms with van der Waals surface area (Å²) in [6, 6.07) is 3.70. The largest absolute Gasteiger partial charge is 0.440 e. The second kappa shape index (κ2) is 7.09. The lowest BCUT2D eigenvalue weighted by Crippen LogP contribution is -2.38. The third-order valence-corrected chi connectivity index (χ3v) is 5.87. The lowest BCUT2D eigenvalue weighted by molar-refractivity contribution is 0.239. The lowest BCUT2D eigenvalue weighted by atomic mass is 9.95. The lowest BCUT2D eigenvalue weighted by Gasteiger charge is -2.29. The van der Waals surface area contributed by atoms with Crippen molar-refractivity contribution in [3.05, 3.63) is 66.5 Å². The van der Waals surface area contributed by atoms with E-state index >= 15 is 0 Å². The van der Waals surface area contributed by atoms with Crippen LogP contribution in [0.25, 0.3) is 11.0 Å². The predicted octanol–water partition coefficient (Wildman–Crippen LogP) is 2.93. The molecule has 4 rings (SSSR count). The quantitative estimate of drug-likeness (QED) is 0.675. The molecular formula is C23H28N4O3. The number of hydrogen-bond acceptors (Lipinski definition) is 6. The van der Waals surface area contributed by atoms with Crippen molar-refractivity contribution in [2.75, 3.05) is 12.3 Å². The molecule has 30 heavy (non-hydrogen) atoms. The Labute approximate surface area is 174 Å². The number of nitrogens with zero attached hydrogens (tertiary/aromatic N) is 2. The number of nitrogen functional groups attached to an aromatic ring is 1. The molecule has 0 radical (unpaired) electrons. The summed E-state index contributed by atoms with van der Waals surface area (Å²) in [6.07, 6.45) is 0.652. The number of nitrogens with one attached hydrogen (secondary N) is 1. The van der Waals surface area contributed by atoms with Crippen LogP contribution < -0.4 is 16.7 Å². The highest BCUT2D eigenvalue weighted by Crippen LogP contribution is 2.24. The van der Waals surface area contributed by atoms with Crippen LogP contribution >= 0.6 is 0 Å². The van der Waals surface area contributed by atoms with Crippen LogP contribution in [0.5, 0.6) is 0 Å². The molecular weight excluding hydrogens is 380 g/mol. The van der Waals surface area contributed by atoms with Crippen molar-refractivity contribution in [2.45, 2.75) is 59.5 Å². The highest BCUT2D eigenvalue weighted by atomic mass is 16.3. The van der Waals surface area contributed by atoms with Gasteiger partial charge in [-0.25, -0.2) is 4.98 Å². The molecule has 7 heteroatoms. The van der Waals surface area contributed by atoms with E-state index in [2.05, 4.69) is 4.98 Å². The molecule has 0 spiro atoms. The van der Waals surface area contributed by atoms with Gasteiger partial charge in [0, 0.05) is 31.5 Å². The molecule has 0 bridgehead atoms. The first-order valence-electron chi connectivity index (χ1n) is 10.2. The highest BCUT2D eigenvalue weighted by molar-refractivity contribution is 5.80. The Morgan fingerprint density at radius 3 is 2.60 bits per heavy atom. The van der Waals surface area contributed by atoms with Crippen molar-refractivity contribution in [2.24, 2.45) is 0 Å². The van der Waals surface area contributed by atoms with E-state index in [4.69, 9.17) is 15.1 Å². The Morgan fingerprint density at radius 2 is 1.90 bits per heavy atom. The standard InChI is InChI=1S/C23H28N4O3/c1-12-8-14-18(9-13(12)2)30-20(24)16(19(14)28)11-27-7-6-17-15(10-27)21(29)26-22(25-17)23(3,4)5/h8-9H,6-7,10-11,24H2,1-5H3,(H,25,26,29). The van der Waals surface area contributed by atoms with Gasteiger partial charge in [-0.3, -0.25) is 14.5 Å². The smallest absolute Gasteiger partial charge is 0.255 e. The van der Waals surface area contributed by atoms with E-state index < -0.39 is 0 Å². The van der Waals surface area contributed by atoms with E-state index in [1.165, 1.54) is 0 Å². The van der Waals surface area contributed by atoms with Crippen LogP contribution in [0.3, 0.4) is 0 Å². The number of aryl methyl sites for hydroxylation is 2. The van der Waals surface area contributed by atoms with Gasteiger partial charge >= 0.3 is 0 Å². The molecule has 3 heterocycles. The van der Waals surface area contributed by atoms with Gasteiger partial charge in [-0.15, -0.1) is 0 Å². The van der Waals surface area contributed by atoms with Gasteiger partial charge in [0.1, 0.15) is 11.4 Å². The maximum absolute atomic E-state index is 13.1. The van der Waals surface area contributed by atoms with Crippen molar-refractivity contribution in [1.29, 1.82) is 0 Å². The zero-order valence-electron chi connectivity index (χ0n) is 18.2. The average molecular weight is 409 g/mol. The molecule has 1 aromatic carbocycles. The van der Waals surface area contributed by atoms with Gasteiger partial charge in [-0.2, -0.15) is 0 Å². The summed E-state index contributed by atoms with van der Waals surface area (Å²) < 4.78 is 5.77. The van der Waals surface area contributed by atoms with E-state index in [9.17, 15) is 9.59 Å². The van der Waals surface area contributed by atoms with Crippen LogP contribution in [0.2, 0.25) is 0 Å². The van der Waals surface area contributed by atoms with E-state index in [0.29, 0.717) is 54.0 Å². The molecule has 158 valence electrons. The SMILES string of the molecule is Cc1cc2oc(N)c(CN3CCc4nc(C(C)(C)C)[nH]c(=O)c4C3)c(=O)c2cc1C. The first-order chi connectivity index (χ1) is 14.0. The fourth-order valence-electron chi connectivity index (χ4n) is 3.85. The van der Waals surface area contributed by atoms with Gasteiger partial charge in [-0.05, 0) is 37.1 Å². The van der Waals surface area contributed by atoms with Gasteiger partial charge in [0.2, 0.25) is 0 Å². The van der Waals surface area contributed by atoms with E-state index in [1.807, 2.05) is 51.7 Å². The third-order valence-electron chi connectivity index (χ3n) is 5.87. The number of benzene rings is 1. The second-order valence-electron chi connectivity index (χ2n) is 9.26. The number of nitrogens with two attached hydrogens (primary N) is 1. The predicted molar refractivity (Wildman–Crippen MR) is 118 cm³/mol. The van der Waals surface area contributed by atoms with Crippen molar-refractivity contribution >= 4 is 16.9 Å². The molecule has 0 atom stereocenters. The Bertz CT molecular complexity index is 1260. The van der Waals surface area contributed by atoms with Gasteiger partial charge in [-0.1, -0.05) is 20.8 Å². The molecule has 3 N–H and O–H groups in total. The fraction of sp³-hybridized carbons (Fsp3) is 0.435. The highest BCUT2D eigenvalue weighted by Gasteiger charge is 2.26. The molecule has 0 saturated heterocycles. The number of aromatic amines is 1. The maximum atomic E-state index is 13.1. The van der Waals surface area contributed by atoms with Gasteiger partial charge in [0.05, 0.1) is 22.2 Å². The van der Waals surface area contributed by atoms with Crippen molar-refractivity contribution in [3.63, 3.8) is 0 Å². The fourth-order valence-corrected chi connectivity index (χ4v) is 3.85. The van der Waals surface area contributed by atoms with Crippen molar-refractivity contribution in [3.8, 4) is 0 Å². The Hall–Kier alpha value is -2.93. The molecule has 3 aromatic rings. The summed E-state index contributed by atoms with van der Waals surface area (Å²) in [4.78, 5) is 35.4. The minimum atomic E-state index is -0.222. The topological polar surface area (TPSA) is 105 Å². The van der Waals surface area contributed by atoms with Gasteiger partial charge in [0.15, 0.2) is 11.3 Å². The van der Waals surface area contributed by atoms with E-state index in [-0.39, 0.29) is 22.3 Å². The summed E-state index contributed by atoms with van der Waals surface area (Å²) in [7, 11) is 0. The first kappa shape index (κ1) is 20.3. The zero-order chi connectivity index (χ0) is 21.8. The number of hydrogen-bond donors (Lipinski definition) is 2. The maximum Gasteiger partial charge on any atom is 0.255 e. The van der Waals surface area contributed by atoms with Crippen LogP contribution in [0.4, 0.5) is 5.88 Å². The van der Waals surface area contributed by atoms with Crippen molar-refractivity contribution in [1.82, 2.24) is 14.9 Å². The summed E-state index contributed by atoms with van der Waals surface area (Å²) in [5.41, 5.74) is 10.2. The number of fused-ring (bicyclic) bond motifs is 2. The average Bonchev–Trinajstić information content (AvgIpc) is 2.66. The molecule has 1 aliphatic rings. The summed E-state index contributed by atoms with van der Waals surface area (Å²) in [5.74, 6) is 0.835. The van der Waals surface area contributed by atoms with Crippen LogP contribution in [0.1, 0.15) is 54.5 Å². The van der Waals surface area contributed by atoms with E-state index in [0.717, 1.165) is 16.8 Å². The van der Waals surface area contributed by atoms with Crippen molar-refractivity contribution < 1.29 is 4.42 Å². The number of rotatable bonds is 2. The van der Waals surface area contributed by atoms with Crippen LogP contribution in [0, 0.1) is 13.8 Å². The molecule has 1 aliphatic heterocycles. The monoisotopic (exact) mass is 408 g/mol. The zero-order valence-corrected chi connectivity index (χ0v) is 18.2. The molecule has 0 saturated carbocycles. The van der Waals surface area contributed by atoms with E-state index in [1.54, 1.807) is 0 Å². The molecule has 7 nitrogen and oxygen atoms in total. The molecule has 0 fully saturated rings. The second-order valence-corrected chi connectivity index (χ2v) is 9.26. The van der Waals surface area contributed by atoms with Gasteiger partial charge in [0.25, 0.3) is 5.56 Å². The molecule has 0 amide bonds. The normalized spacial score (nSPS) is 14.8. The molecule has 0 aliphatic carbocycles. The number of aromatic nitrogens is 2. The first-order valence-corrected chi connectivity index (χ1v) is 10.2. The summed E-state index contributed by atoms with van der Waals surface area (Å²) in [5, 5.41) is 0.536. The number of anilines is 1. The van der Waals surface area contributed by atoms with Gasteiger partial charge < -0.3 is 15.1 Å². The van der Waals surface area contributed by atoms with Crippen LogP contribution in [0.15, 0.2) is 26.1 Å². The Balaban J connectivity index is 1.67. The number of H-pyrrole nitrogens is 1. The van der Waals surface area contributed by atoms with Crippen LogP contribution in [-0.4, -0.2) is 21.4 Å². The molecule has 0 unspecified atom stereocenters. The van der Waals surface area contributed by atoms with Crippen LogP contribution in [-0.2, 0) is 24.9 Å². The molecule has 2 aromatic heterocycles. The third kappa shape index (κ3) is 3.54. The summed E-state index contributed by atoms with van der Waals surface area (Å²) >= 11 is 0. The minimum absolute atomic E-state index is 0.112. The minimum Gasteiger partial charge on any atom is -0.440 e. The summed E-state index contributed by atoms with van der Waals surface area (Å²) in [6.45, 7) is 11.5. The Kier molecular flexibility index (Phi) is 4.81. The Morgan fingerprint density at radius 1 is 1.20 bits per heavy atom.